The Hall–Kier alpha value is -1.95. The van der Waals surface area contributed by atoms with Gasteiger partial charge >= 0.3 is 5.97 Å². The first-order valence-corrected chi connectivity index (χ1v) is 7.83. The fourth-order valence-corrected chi connectivity index (χ4v) is 2.32. The number of hydrogen-bond donors (Lipinski definition) is 1. The molecule has 0 atom stereocenters. The second-order valence-electron chi connectivity index (χ2n) is 4.96. The molecular formula is C16H22ClNO5. The SMILES string of the molecule is CCCOc1c(Cl)cc(C(=O)N(CCC)CC(=O)O)cc1OC. The normalized spacial score (nSPS) is 10.3. The minimum atomic E-state index is -1.06. The molecule has 0 bridgehead atoms. The molecule has 1 aromatic rings. The van der Waals surface area contributed by atoms with E-state index in [-0.39, 0.29) is 17.1 Å². The van der Waals surface area contributed by atoms with Gasteiger partial charge in [0, 0.05) is 12.1 Å². The van der Waals surface area contributed by atoms with E-state index in [0.717, 1.165) is 6.42 Å². The molecule has 1 amide bonds. The van der Waals surface area contributed by atoms with Crippen molar-refractivity contribution in [3.63, 3.8) is 0 Å². The smallest absolute Gasteiger partial charge is 0.323 e. The van der Waals surface area contributed by atoms with Crippen LogP contribution in [0.15, 0.2) is 12.1 Å². The summed E-state index contributed by atoms with van der Waals surface area (Å²) in [7, 11) is 1.46. The van der Waals surface area contributed by atoms with Crippen molar-refractivity contribution in [1.29, 1.82) is 0 Å². The minimum absolute atomic E-state index is 0.257. The van der Waals surface area contributed by atoms with E-state index in [1.54, 1.807) is 0 Å². The second-order valence-corrected chi connectivity index (χ2v) is 5.37. The number of amides is 1. The van der Waals surface area contributed by atoms with Crippen molar-refractivity contribution in [3.8, 4) is 11.5 Å². The van der Waals surface area contributed by atoms with Crippen LogP contribution in [0, 0.1) is 0 Å². The number of aliphatic carboxylic acids is 1. The van der Waals surface area contributed by atoms with Gasteiger partial charge < -0.3 is 19.5 Å². The summed E-state index contributed by atoms with van der Waals surface area (Å²) in [5.74, 6) is -0.738. The van der Waals surface area contributed by atoms with Crippen LogP contribution in [-0.2, 0) is 4.79 Å². The van der Waals surface area contributed by atoms with E-state index in [0.29, 0.717) is 31.1 Å². The van der Waals surface area contributed by atoms with Crippen LogP contribution in [0.25, 0.3) is 0 Å². The highest BCUT2D eigenvalue weighted by atomic mass is 35.5. The monoisotopic (exact) mass is 343 g/mol. The Kier molecular flexibility index (Phi) is 7.68. The van der Waals surface area contributed by atoms with Gasteiger partial charge in [0.25, 0.3) is 5.91 Å². The molecule has 0 aliphatic carbocycles. The van der Waals surface area contributed by atoms with Crippen LogP contribution in [0.2, 0.25) is 5.02 Å². The first kappa shape index (κ1) is 19.1. The topological polar surface area (TPSA) is 76.1 Å². The van der Waals surface area contributed by atoms with Crippen LogP contribution in [0.5, 0.6) is 11.5 Å². The Morgan fingerprint density at radius 1 is 1.26 bits per heavy atom. The zero-order chi connectivity index (χ0) is 17.4. The number of ether oxygens (including phenoxy) is 2. The van der Waals surface area contributed by atoms with Crippen LogP contribution in [0.3, 0.4) is 0 Å². The average molecular weight is 344 g/mol. The molecule has 0 heterocycles. The largest absolute Gasteiger partial charge is 0.493 e. The molecule has 0 saturated heterocycles. The number of nitrogens with zero attached hydrogens (tertiary/aromatic N) is 1. The second kappa shape index (κ2) is 9.25. The Labute approximate surface area is 140 Å². The van der Waals surface area contributed by atoms with Crippen molar-refractivity contribution in [2.45, 2.75) is 26.7 Å². The predicted octanol–water partition coefficient (Wildman–Crippen LogP) is 3.07. The van der Waals surface area contributed by atoms with Crippen LogP contribution < -0.4 is 9.47 Å². The highest BCUT2D eigenvalue weighted by molar-refractivity contribution is 6.32. The maximum atomic E-state index is 12.5. The molecule has 1 N–H and O–H groups in total. The van der Waals surface area contributed by atoms with Crippen LogP contribution in [0.4, 0.5) is 0 Å². The van der Waals surface area contributed by atoms with E-state index in [4.69, 9.17) is 26.2 Å². The molecule has 0 saturated carbocycles. The van der Waals surface area contributed by atoms with E-state index < -0.39 is 11.9 Å². The molecule has 23 heavy (non-hydrogen) atoms. The summed E-state index contributed by atoms with van der Waals surface area (Å²) in [5, 5.41) is 9.20. The van der Waals surface area contributed by atoms with Crippen molar-refractivity contribution in [3.05, 3.63) is 22.7 Å². The molecule has 0 aliphatic heterocycles. The number of carboxylic acids is 1. The zero-order valence-electron chi connectivity index (χ0n) is 13.6. The molecule has 0 fully saturated rings. The molecule has 0 aromatic heterocycles. The number of methoxy groups -OCH3 is 1. The Bertz CT molecular complexity index is 562. The Morgan fingerprint density at radius 2 is 1.96 bits per heavy atom. The number of carboxylic acid groups (broad SMARTS) is 1. The minimum Gasteiger partial charge on any atom is -0.493 e. The van der Waals surface area contributed by atoms with Gasteiger partial charge in [-0.25, -0.2) is 0 Å². The number of carbonyl (C=O) groups is 2. The van der Waals surface area contributed by atoms with Crippen molar-refractivity contribution in [2.24, 2.45) is 0 Å². The molecule has 0 spiro atoms. The number of hydrogen-bond acceptors (Lipinski definition) is 4. The molecule has 1 rings (SSSR count). The van der Waals surface area contributed by atoms with E-state index in [2.05, 4.69) is 0 Å². The van der Waals surface area contributed by atoms with Crippen LogP contribution in [0.1, 0.15) is 37.0 Å². The third-order valence-electron chi connectivity index (χ3n) is 3.03. The van der Waals surface area contributed by atoms with Gasteiger partial charge in [-0.3, -0.25) is 9.59 Å². The predicted molar refractivity (Wildman–Crippen MR) is 87.6 cm³/mol. The molecule has 0 aliphatic rings. The summed E-state index contributed by atoms with van der Waals surface area (Å²) in [4.78, 5) is 24.7. The Balaban J connectivity index is 3.13. The van der Waals surface area contributed by atoms with Crippen LogP contribution >= 0.6 is 11.6 Å². The lowest BCUT2D eigenvalue weighted by Gasteiger charge is -2.21. The summed E-state index contributed by atoms with van der Waals surface area (Å²) < 4.78 is 10.8. The van der Waals surface area contributed by atoms with Gasteiger partial charge in [-0.2, -0.15) is 0 Å². The number of rotatable bonds is 9. The van der Waals surface area contributed by atoms with Crippen molar-refractivity contribution in [1.82, 2.24) is 4.90 Å². The quantitative estimate of drug-likeness (QED) is 0.745. The maximum Gasteiger partial charge on any atom is 0.323 e. The van der Waals surface area contributed by atoms with E-state index in [1.165, 1.54) is 24.1 Å². The molecular weight excluding hydrogens is 322 g/mol. The summed E-state index contributed by atoms with van der Waals surface area (Å²) >= 11 is 6.19. The van der Waals surface area contributed by atoms with Gasteiger partial charge in [-0.1, -0.05) is 25.4 Å². The summed E-state index contributed by atoms with van der Waals surface area (Å²) in [5.41, 5.74) is 0.269. The van der Waals surface area contributed by atoms with Crippen molar-refractivity contribution < 1.29 is 24.2 Å². The first-order valence-electron chi connectivity index (χ1n) is 7.45. The Morgan fingerprint density at radius 3 is 2.48 bits per heavy atom. The molecule has 1 aromatic carbocycles. The third-order valence-corrected chi connectivity index (χ3v) is 3.31. The van der Waals surface area contributed by atoms with Gasteiger partial charge in [0.1, 0.15) is 6.54 Å². The maximum absolute atomic E-state index is 12.5. The number of benzene rings is 1. The lowest BCUT2D eigenvalue weighted by atomic mass is 10.1. The lowest BCUT2D eigenvalue weighted by molar-refractivity contribution is -0.137. The van der Waals surface area contributed by atoms with Gasteiger partial charge in [-0.15, -0.1) is 0 Å². The van der Waals surface area contributed by atoms with Crippen LogP contribution in [-0.4, -0.2) is 48.7 Å². The fourth-order valence-electron chi connectivity index (χ4n) is 2.06. The highest BCUT2D eigenvalue weighted by Crippen LogP contribution is 2.36. The first-order chi connectivity index (χ1) is 10.9. The van der Waals surface area contributed by atoms with Gasteiger partial charge in [0.15, 0.2) is 11.5 Å². The van der Waals surface area contributed by atoms with Crippen molar-refractivity contribution >= 4 is 23.5 Å². The lowest BCUT2D eigenvalue weighted by Crippen LogP contribution is -2.36. The van der Waals surface area contributed by atoms with Gasteiger partial charge in [-0.05, 0) is 25.0 Å². The number of carbonyl (C=O) groups excluding carboxylic acids is 1. The average Bonchev–Trinajstić information content (AvgIpc) is 2.51. The number of halogens is 1. The third kappa shape index (κ3) is 5.32. The van der Waals surface area contributed by atoms with Gasteiger partial charge in [0.05, 0.1) is 18.7 Å². The summed E-state index contributed by atoms with van der Waals surface area (Å²) in [6, 6.07) is 2.99. The molecule has 6 nitrogen and oxygen atoms in total. The van der Waals surface area contributed by atoms with E-state index >= 15 is 0 Å². The summed E-state index contributed by atoms with van der Waals surface area (Å²) in [6.07, 6.45) is 1.46. The van der Waals surface area contributed by atoms with E-state index in [1.807, 2.05) is 13.8 Å². The standard InChI is InChI=1S/C16H22ClNO5/c1-4-6-18(10-14(19)20)16(21)11-8-12(17)15(23-7-5-2)13(9-11)22-3/h8-9H,4-7,10H2,1-3H3,(H,19,20). The molecule has 0 unspecified atom stereocenters. The van der Waals surface area contributed by atoms with Gasteiger partial charge in [0.2, 0.25) is 0 Å². The van der Waals surface area contributed by atoms with Crippen molar-refractivity contribution in [2.75, 3.05) is 26.8 Å². The molecule has 128 valence electrons. The zero-order valence-corrected chi connectivity index (χ0v) is 14.4. The highest BCUT2D eigenvalue weighted by Gasteiger charge is 2.21. The van der Waals surface area contributed by atoms with E-state index in [9.17, 15) is 9.59 Å². The fraction of sp³-hybridized carbons (Fsp3) is 0.500. The molecule has 0 radical (unpaired) electrons. The summed E-state index contributed by atoms with van der Waals surface area (Å²) in [6.45, 7) is 4.30. The molecule has 7 heteroatoms.